The molecule has 0 bridgehead atoms. The van der Waals surface area contributed by atoms with Gasteiger partial charge >= 0.3 is 0 Å². The molecule has 0 saturated carbocycles. The van der Waals surface area contributed by atoms with Gasteiger partial charge in [-0.1, -0.05) is 47.4 Å². The summed E-state index contributed by atoms with van der Waals surface area (Å²) in [6, 6.07) is 14.8. The van der Waals surface area contributed by atoms with Crippen molar-refractivity contribution in [3.8, 4) is 11.5 Å². The van der Waals surface area contributed by atoms with E-state index in [-0.39, 0.29) is 5.78 Å². The second-order valence-corrected chi connectivity index (χ2v) is 8.55. The van der Waals surface area contributed by atoms with Gasteiger partial charge in [0.15, 0.2) is 22.3 Å². The first-order valence-electron chi connectivity index (χ1n) is 9.20. The summed E-state index contributed by atoms with van der Waals surface area (Å²) in [6.45, 7) is 0.459. The van der Waals surface area contributed by atoms with E-state index < -0.39 is 12.2 Å². The average molecular weight is 429 g/mol. The number of carbonyl (C=O) groups is 1. The van der Waals surface area contributed by atoms with E-state index >= 15 is 0 Å². The second-order valence-electron chi connectivity index (χ2n) is 6.37. The van der Waals surface area contributed by atoms with Crippen molar-refractivity contribution in [1.82, 2.24) is 10.2 Å². The van der Waals surface area contributed by atoms with Gasteiger partial charge in [0.05, 0.1) is 12.7 Å². The number of hydrogen-bond acceptors (Lipinski definition) is 8. The molecule has 1 aliphatic heterocycles. The standard InChI is InChI=1S/C21H20N2O4S2/c1-25-15-9-7-14(8-10-15)19-20(18(24)16-5-2-3-6-17(16)27-19)26-11-4-12-28-21-23-22-13-29-21/h2-3,5-10,13,19-20H,4,11-12H2,1H3. The normalized spacial score (nSPS) is 18.2. The number of rotatable bonds is 8. The predicted octanol–water partition coefficient (Wildman–Crippen LogP) is 4.43. The first-order chi connectivity index (χ1) is 14.3. The highest BCUT2D eigenvalue weighted by Crippen LogP contribution is 2.37. The van der Waals surface area contributed by atoms with Crippen molar-refractivity contribution in [2.45, 2.75) is 23.0 Å². The highest BCUT2D eigenvalue weighted by atomic mass is 32.2. The summed E-state index contributed by atoms with van der Waals surface area (Å²) < 4.78 is 18.4. The van der Waals surface area contributed by atoms with Crippen molar-refractivity contribution in [2.24, 2.45) is 0 Å². The van der Waals surface area contributed by atoms with Gasteiger partial charge in [0.1, 0.15) is 17.0 Å². The molecular formula is C21H20N2O4S2. The number of ketones is 1. The van der Waals surface area contributed by atoms with Crippen LogP contribution in [0.3, 0.4) is 0 Å². The quantitative estimate of drug-likeness (QED) is 0.388. The van der Waals surface area contributed by atoms with E-state index in [4.69, 9.17) is 14.2 Å². The number of hydrogen-bond donors (Lipinski definition) is 0. The number of ether oxygens (including phenoxy) is 3. The highest BCUT2D eigenvalue weighted by Gasteiger charge is 2.38. The van der Waals surface area contributed by atoms with Crippen LogP contribution in [-0.2, 0) is 4.74 Å². The minimum atomic E-state index is -0.690. The second kappa shape index (κ2) is 9.39. The number of aromatic nitrogens is 2. The van der Waals surface area contributed by atoms with E-state index in [0.717, 1.165) is 27.8 Å². The fraction of sp³-hybridized carbons (Fsp3) is 0.286. The summed E-state index contributed by atoms with van der Waals surface area (Å²) in [5.41, 5.74) is 3.15. The predicted molar refractivity (Wildman–Crippen MR) is 112 cm³/mol. The molecule has 1 aromatic heterocycles. The molecule has 150 valence electrons. The fourth-order valence-corrected chi connectivity index (χ4v) is 4.59. The van der Waals surface area contributed by atoms with E-state index in [1.807, 2.05) is 42.5 Å². The lowest BCUT2D eigenvalue weighted by Gasteiger charge is -2.32. The van der Waals surface area contributed by atoms with Gasteiger partial charge in [-0.2, -0.15) is 0 Å². The van der Waals surface area contributed by atoms with Crippen molar-refractivity contribution in [2.75, 3.05) is 19.5 Å². The zero-order chi connectivity index (χ0) is 20.1. The van der Waals surface area contributed by atoms with Crippen LogP contribution in [0.25, 0.3) is 0 Å². The summed E-state index contributed by atoms with van der Waals surface area (Å²) in [7, 11) is 1.62. The molecule has 1 aliphatic rings. The molecule has 0 aliphatic carbocycles. The molecule has 0 fully saturated rings. The van der Waals surface area contributed by atoms with Crippen molar-refractivity contribution >= 4 is 28.9 Å². The molecule has 0 radical (unpaired) electrons. The third-order valence-electron chi connectivity index (χ3n) is 4.54. The number of Topliss-reactive ketones (excluding diaryl/α,β-unsaturated/α-hetero) is 1. The van der Waals surface area contributed by atoms with Crippen LogP contribution in [0, 0.1) is 0 Å². The van der Waals surface area contributed by atoms with Crippen LogP contribution in [0.4, 0.5) is 0 Å². The molecule has 4 rings (SSSR count). The number of methoxy groups -OCH3 is 1. The lowest BCUT2D eigenvalue weighted by Crippen LogP contribution is -2.38. The number of para-hydroxylation sites is 1. The van der Waals surface area contributed by atoms with Gasteiger partial charge in [0.2, 0.25) is 0 Å². The number of nitrogens with zero attached hydrogens (tertiary/aromatic N) is 2. The molecule has 0 N–H and O–H groups in total. The molecule has 2 atom stereocenters. The third-order valence-corrected chi connectivity index (χ3v) is 6.48. The van der Waals surface area contributed by atoms with Crippen LogP contribution in [0.15, 0.2) is 58.4 Å². The smallest absolute Gasteiger partial charge is 0.199 e. The van der Waals surface area contributed by atoms with E-state index in [1.165, 1.54) is 11.3 Å². The summed E-state index contributed by atoms with van der Waals surface area (Å²) in [4.78, 5) is 13.1. The molecule has 2 heterocycles. The molecule has 3 aromatic rings. The molecule has 6 nitrogen and oxygen atoms in total. The van der Waals surface area contributed by atoms with Crippen LogP contribution in [0.2, 0.25) is 0 Å². The molecule has 2 unspecified atom stereocenters. The van der Waals surface area contributed by atoms with Crippen molar-refractivity contribution < 1.29 is 19.0 Å². The van der Waals surface area contributed by atoms with E-state index in [2.05, 4.69) is 10.2 Å². The van der Waals surface area contributed by atoms with Gasteiger partial charge < -0.3 is 14.2 Å². The largest absolute Gasteiger partial charge is 0.497 e. The lowest BCUT2D eigenvalue weighted by molar-refractivity contribution is -0.0213. The minimum Gasteiger partial charge on any atom is -0.497 e. The Balaban J connectivity index is 1.47. The first-order valence-corrected chi connectivity index (χ1v) is 11.1. The van der Waals surface area contributed by atoms with Crippen molar-refractivity contribution in [3.63, 3.8) is 0 Å². The molecule has 0 spiro atoms. The molecule has 2 aromatic carbocycles. The number of thioether (sulfide) groups is 1. The van der Waals surface area contributed by atoms with Crippen LogP contribution >= 0.6 is 23.1 Å². The summed E-state index contributed by atoms with van der Waals surface area (Å²) in [6.07, 6.45) is -0.394. The average Bonchev–Trinajstić information content (AvgIpc) is 3.28. The maximum Gasteiger partial charge on any atom is 0.199 e. The molecular weight excluding hydrogens is 408 g/mol. The Kier molecular flexibility index (Phi) is 6.43. The third kappa shape index (κ3) is 4.60. The van der Waals surface area contributed by atoms with Gasteiger partial charge in [0.25, 0.3) is 0 Å². The number of fused-ring (bicyclic) bond motifs is 1. The summed E-state index contributed by atoms with van der Waals surface area (Å²) in [5, 5.41) is 7.84. The minimum absolute atomic E-state index is 0.0514. The molecule has 0 amide bonds. The van der Waals surface area contributed by atoms with Gasteiger partial charge in [0, 0.05) is 12.4 Å². The van der Waals surface area contributed by atoms with E-state index in [9.17, 15) is 4.79 Å². The van der Waals surface area contributed by atoms with Crippen molar-refractivity contribution in [3.05, 3.63) is 65.2 Å². The van der Waals surface area contributed by atoms with Crippen molar-refractivity contribution in [1.29, 1.82) is 0 Å². The SMILES string of the molecule is COc1ccc(C2Oc3ccccc3C(=O)C2OCCCSc2nncs2)cc1. The Labute approximate surface area is 177 Å². The van der Waals surface area contributed by atoms with Gasteiger partial charge in [-0.05, 0) is 36.2 Å². The highest BCUT2D eigenvalue weighted by molar-refractivity contribution is 8.00. The Hall–Kier alpha value is -2.42. The summed E-state index contributed by atoms with van der Waals surface area (Å²) in [5.74, 6) is 2.14. The number of benzene rings is 2. The number of carbonyl (C=O) groups excluding carboxylic acids is 1. The fourth-order valence-electron chi connectivity index (χ4n) is 3.12. The Bertz CT molecular complexity index is 948. The van der Waals surface area contributed by atoms with Gasteiger partial charge in [-0.25, -0.2) is 0 Å². The van der Waals surface area contributed by atoms with Crippen LogP contribution in [-0.4, -0.2) is 41.6 Å². The zero-order valence-corrected chi connectivity index (χ0v) is 17.4. The molecule has 29 heavy (non-hydrogen) atoms. The van der Waals surface area contributed by atoms with Crippen LogP contribution < -0.4 is 9.47 Å². The zero-order valence-electron chi connectivity index (χ0n) is 15.8. The molecule has 8 heteroatoms. The van der Waals surface area contributed by atoms with E-state index in [0.29, 0.717) is 17.9 Å². The Morgan fingerprint density at radius 1 is 1.17 bits per heavy atom. The molecule has 0 saturated heterocycles. The Morgan fingerprint density at radius 2 is 2.00 bits per heavy atom. The van der Waals surface area contributed by atoms with Gasteiger partial charge in [-0.15, -0.1) is 10.2 Å². The van der Waals surface area contributed by atoms with Crippen LogP contribution in [0.5, 0.6) is 11.5 Å². The lowest BCUT2D eigenvalue weighted by atomic mass is 9.93. The topological polar surface area (TPSA) is 70.5 Å². The maximum atomic E-state index is 13.1. The first kappa shape index (κ1) is 19.9. The Morgan fingerprint density at radius 3 is 2.76 bits per heavy atom. The van der Waals surface area contributed by atoms with Crippen LogP contribution in [0.1, 0.15) is 28.4 Å². The maximum absolute atomic E-state index is 13.1. The van der Waals surface area contributed by atoms with Gasteiger partial charge in [-0.3, -0.25) is 4.79 Å². The summed E-state index contributed by atoms with van der Waals surface area (Å²) >= 11 is 3.16. The monoisotopic (exact) mass is 428 g/mol. The van der Waals surface area contributed by atoms with E-state index in [1.54, 1.807) is 30.4 Å².